The summed E-state index contributed by atoms with van der Waals surface area (Å²) in [7, 11) is 0. The Hall–Kier alpha value is -1.06. The van der Waals surface area contributed by atoms with Gasteiger partial charge in [-0.2, -0.15) is 0 Å². The largest absolute Gasteiger partial charge is 0.784 e. The summed E-state index contributed by atoms with van der Waals surface area (Å²) in [6.07, 6.45) is 5.27. The molecule has 22 heavy (non-hydrogen) atoms. The van der Waals surface area contributed by atoms with Gasteiger partial charge in [-0.25, -0.2) is 0 Å². The monoisotopic (exact) mass is 304 g/mol. The van der Waals surface area contributed by atoms with E-state index in [2.05, 4.69) is 27.7 Å². The molecular weight excluding hydrogens is 274 g/mol. The zero-order chi connectivity index (χ0) is 16.2. The van der Waals surface area contributed by atoms with Crippen LogP contribution < -0.4 is 4.74 Å². The topological polar surface area (TPSA) is 35.5 Å². The Morgan fingerprint density at radius 3 is 1.82 bits per heavy atom. The van der Waals surface area contributed by atoms with Crippen molar-refractivity contribution >= 4 is 0 Å². The molecule has 1 heterocycles. The van der Waals surface area contributed by atoms with Crippen LogP contribution in [-0.4, -0.2) is 22.2 Å². The highest BCUT2D eigenvalue weighted by molar-refractivity contribution is 5.22. The van der Waals surface area contributed by atoms with Gasteiger partial charge in [0.1, 0.15) is 11.9 Å². The highest BCUT2D eigenvalue weighted by atomic mass is 16.5. The average Bonchev–Trinajstić information content (AvgIpc) is 2.57. The Balaban J connectivity index is 2.28. The SMILES string of the molecule is CCC1(CC)CC(Oc2ccccc2)CC(CC)(CC)N1[O-]. The van der Waals surface area contributed by atoms with E-state index >= 15 is 0 Å². The lowest BCUT2D eigenvalue weighted by Crippen LogP contribution is -2.64. The van der Waals surface area contributed by atoms with Crippen molar-refractivity contribution in [1.29, 1.82) is 0 Å². The fourth-order valence-corrected chi connectivity index (χ4v) is 4.02. The van der Waals surface area contributed by atoms with Crippen LogP contribution in [0.2, 0.25) is 0 Å². The minimum absolute atomic E-state index is 0.118. The van der Waals surface area contributed by atoms with Crippen LogP contribution in [0.4, 0.5) is 0 Å². The molecule has 3 nitrogen and oxygen atoms in total. The van der Waals surface area contributed by atoms with E-state index in [0.717, 1.165) is 44.3 Å². The predicted octanol–water partition coefficient (Wildman–Crippen LogP) is 5.15. The molecule has 0 spiro atoms. The minimum atomic E-state index is -0.288. The van der Waals surface area contributed by atoms with Crippen molar-refractivity contribution in [2.45, 2.75) is 83.4 Å². The number of benzene rings is 1. The van der Waals surface area contributed by atoms with Crippen LogP contribution in [0.1, 0.15) is 66.2 Å². The van der Waals surface area contributed by atoms with E-state index in [9.17, 15) is 5.21 Å². The Labute approximate surface area is 135 Å². The van der Waals surface area contributed by atoms with E-state index < -0.39 is 0 Å². The molecule has 1 fully saturated rings. The van der Waals surface area contributed by atoms with Gasteiger partial charge in [-0.05, 0) is 37.8 Å². The average molecular weight is 304 g/mol. The van der Waals surface area contributed by atoms with E-state index in [1.54, 1.807) is 0 Å². The summed E-state index contributed by atoms with van der Waals surface area (Å²) >= 11 is 0. The molecule has 3 heteroatoms. The van der Waals surface area contributed by atoms with Gasteiger partial charge in [0, 0.05) is 23.9 Å². The molecule has 0 atom stereocenters. The second kappa shape index (κ2) is 7.01. The summed E-state index contributed by atoms with van der Waals surface area (Å²) in [6.45, 7) is 8.54. The van der Waals surface area contributed by atoms with Crippen LogP contribution in [0.5, 0.6) is 5.75 Å². The van der Waals surface area contributed by atoms with Crippen molar-refractivity contribution in [2.24, 2.45) is 0 Å². The summed E-state index contributed by atoms with van der Waals surface area (Å²) < 4.78 is 6.26. The number of piperidine rings is 1. The van der Waals surface area contributed by atoms with Gasteiger partial charge in [-0.15, -0.1) is 0 Å². The molecule has 1 aliphatic heterocycles. The van der Waals surface area contributed by atoms with Gasteiger partial charge in [0.2, 0.25) is 0 Å². The van der Waals surface area contributed by atoms with Crippen molar-refractivity contribution in [1.82, 2.24) is 5.06 Å². The minimum Gasteiger partial charge on any atom is -0.784 e. The van der Waals surface area contributed by atoms with Crippen LogP contribution in [0, 0.1) is 5.21 Å². The summed E-state index contributed by atoms with van der Waals surface area (Å²) in [5.41, 5.74) is -0.576. The zero-order valence-corrected chi connectivity index (χ0v) is 14.5. The molecule has 0 aromatic heterocycles. The maximum atomic E-state index is 13.2. The van der Waals surface area contributed by atoms with Crippen LogP contribution in [0.25, 0.3) is 0 Å². The van der Waals surface area contributed by atoms with Gasteiger partial charge in [0.25, 0.3) is 0 Å². The molecule has 0 saturated carbocycles. The molecule has 0 aliphatic carbocycles. The number of ether oxygens (including phenoxy) is 1. The van der Waals surface area contributed by atoms with Crippen molar-refractivity contribution < 1.29 is 4.74 Å². The number of para-hydroxylation sites is 1. The summed E-state index contributed by atoms with van der Waals surface area (Å²) in [4.78, 5) is 0. The molecule has 0 N–H and O–H groups in total. The number of rotatable bonds is 6. The van der Waals surface area contributed by atoms with Gasteiger partial charge in [0.05, 0.1) is 0 Å². The molecule has 1 aliphatic rings. The molecule has 1 aromatic rings. The third-order valence-electron chi connectivity index (χ3n) is 5.76. The third-order valence-corrected chi connectivity index (χ3v) is 5.76. The first-order chi connectivity index (χ1) is 10.6. The number of hydrogen-bond donors (Lipinski definition) is 0. The van der Waals surface area contributed by atoms with Crippen molar-refractivity contribution in [2.75, 3.05) is 0 Å². The number of hydrogen-bond acceptors (Lipinski definition) is 3. The lowest BCUT2D eigenvalue weighted by molar-refractivity contribution is -0.0814. The van der Waals surface area contributed by atoms with Gasteiger partial charge >= 0.3 is 0 Å². The fraction of sp³-hybridized carbons (Fsp3) is 0.684. The molecule has 0 radical (unpaired) electrons. The first-order valence-electron chi connectivity index (χ1n) is 8.75. The van der Waals surface area contributed by atoms with Crippen LogP contribution >= 0.6 is 0 Å². The van der Waals surface area contributed by atoms with Gasteiger partial charge < -0.3 is 15.0 Å². The highest BCUT2D eigenvalue weighted by Gasteiger charge is 2.47. The first kappa shape index (κ1) is 17.3. The maximum absolute atomic E-state index is 13.2. The number of nitrogens with zero attached hydrogens (tertiary/aromatic N) is 1. The molecule has 0 amide bonds. The zero-order valence-electron chi connectivity index (χ0n) is 14.5. The number of hydroxylamine groups is 2. The van der Waals surface area contributed by atoms with Crippen LogP contribution in [0.15, 0.2) is 30.3 Å². The van der Waals surface area contributed by atoms with Crippen molar-refractivity contribution in [3.05, 3.63) is 35.5 Å². The Kier molecular flexibility index (Phi) is 5.51. The second-order valence-electron chi connectivity index (χ2n) is 6.62. The normalized spacial score (nSPS) is 21.7. The van der Waals surface area contributed by atoms with Crippen molar-refractivity contribution in [3.8, 4) is 5.75 Å². The summed E-state index contributed by atoms with van der Waals surface area (Å²) in [5, 5.41) is 14.6. The summed E-state index contributed by atoms with van der Waals surface area (Å²) in [5.74, 6) is 0.911. The summed E-state index contributed by atoms with van der Waals surface area (Å²) in [6, 6.07) is 10.00. The second-order valence-corrected chi connectivity index (χ2v) is 6.62. The first-order valence-corrected chi connectivity index (χ1v) is 8.75. The smallest absolute Gasteiger partial charge is 0.119 e. The highest BCUT2D eigenvalue weighted by Crippen LogP contribution is 2.46. The molecule has 0 bridgehead atoms. The third kappa shape index (κ3) is 3.02. The quantitative estimate of drug-likeness (QED) is 0.729. The van der Waals surface area contributed by atoms with Gasteiger partial charge in [-0.3, -0.25) is 0 Å². The standard InChI is InChI=1S/C19H30NO2/c1-5-18(6-2)14-17(22-16-12-10-9-11-13-16)15-19(7-3,8-4)20(18)21/h9-13,17H,5-8,14-15H2,1-4H3/q-1. The van der Waals surface area contributed by atoms with Crippen LogP contribution in [-0.2, 0) is 0 Å². The lowest BCUT2D eigenvalue weighted by atomic mass is 9.72. The Morgan fingerprint density at radius 2 is 1.41 bits per heavy atom. The molecular formula is C19H30NO2-. The van der Waals surface area contributed by atoms with Gasteiger partial charge in [0.15, 0.2) is 0 Å². The Morgan fingerprint density at radius 1 is 0.955 bits per heavy atom. The van der Waals surface area contributed by atoms with Gasteiger partial charge in [-0.1, -0.05) is 45.9 Å². The van der Waals surface area contributed by atoms with Crippen LogP contribution in [0.3, 0.4) is 0 Å². The molecule has 124 valence electrons. The molecule has 1 saturated heterocycles. The Bertz CT molecular complexity index is 430. The van der Waals surface area contributed by atoms with E-state index in [1.165, 1.54) is 5.06 Å². The van der Waals surface area contributed by atoms with E-state index in [4.69, 9.17) is 4.74 Å². The van der Waals surface area contributed by atoms with E-state index in [-0.39, 0.29) is 17.2 Å². The fourth-order valence-electron chi connectivity index (χ4n) is 4.02. The molecule has 0 unspecified atom stereocenters. The van der Waals surface area contributed by atoms with E-state index in [1.807, 2.05) is 30.3 Å². The maximum Gasteiger partial charge on any atom is 0.119 e. The molecule has 2 rings (SSSR count). The lowest BCUT2D eigenvalue weighted by Gasteiger charge is -2.64. The predicted molar refractivity (Wildman–Crippen MR) is 91.9 cm³/mol. The van der Waals surface area contributed by atoms with E-state index in [0.29, 0.717) is 0 Å². The van der Waals surface area contributed by atoms with Crippen molar-refractivity contribution in [3.63, 3.8) is 0 Å². The molecule has 1 aromatic carbocycles.